The molecular weight excluding hydrogens is 276 g/mol. The Balaban J connectivity index is 2.58. The third kappa shape index (κ3) is 7.05. The van der Waals surface area contributed by atoms with Crippen molar-refractivity contribution in [1.29, 1.82) is 0 Å². The van der Waals surface area contributed by atoms with Gasteiger partial charge in [0, 0.05) is 18.7 Å². The smallest absolute Gasteiger partial charge is 0.251 e. The van der Waals surface area contributed by atoms with E-state index in [2.05, 4.69) is 24.1 Å². The number of aliphatic hydroxyl groups is 1. The van der Waals surface area contributed by atoms with Crippen LogP contribution in [-0.2, 0) is 6.54 Å². The van der Waals surface area contributed by atoms with Gasteiger partial charge in [0.2, 0.25) is 0 Å². The first-order chi connectivity index (χ1) is 10.2. The summed E-state index contributed by atoms with van der Waals surface area (Å²) in [4.78, 5) is 14.3. The Morgan fingerprint density at radius 1 is 1.36 bits per heavy atom. The molecule has 0 aliphatic heterocycles. The lowest BCUT2D eigenvalue weighted by molar-refractivity contribution is 0.0429. The van der Waals surface area contributed by atoms with Crippen LogP contribution < -0.4 is 5.32 Å². The van der Waals surface area contributed by atoms with Crippen molar-refractivity contribution < 1.29 is 9.90 Å². The lowest BCUT2D eigenvalue weighted by atomic mass is 9.95. The van der Waals surface area contributed by atoms with Crippen molar-refractivity contribution in [3.8, 4) is 0 Å². The molecule has 1 atom stereocenters. The van der Waals surface area contributed by atoms with E-state index in [4.69, 9.17) is 0 Å². The summed E-state index contributed by atoms with van der Waals surface area (Å²) < 4.78 is 0. The minimum absolute atomic E-state index is 0.134. The first kappa shape index (κ1) is 18.7. The topological polar surface area (TPSA) is 52.6 Å². The van der Waals surface area contributed by atoms with E-state index < -0.39 is 5.60 Å². The minimum atomic E-state index is -0.860. The van der Waals surface area contributed by atoms with Crippen LogP contribution in [0.25, 0.3) is 0 Å². The van der Waals surface area contributed by atoms with Crippen LogP contribution in [0.3, 0.4) is 0 Å². The van der Waals surface area contributed by atoms with Crippen molar-refractivity contribution in [2.75, 3.05) is 20.6 Å². The molecule has 1 aromatic rings. The quantitative estimate of drug-likeness (QED) is 0.776. The Bertz CT molecular complexity index is 482. The lowest BCUT2D eigenvalue weighted by Gasteiger charge is -2.24. The summed E-state index contributed by atoms with van der Waals surface area (Å²) in [6.07, 6.45) is 1.63. The summed E-state index contributed by atoms with van der Waals surface area (Å²) in [6.45, 7) is 7.11. The van der Waals surface area contributed by atoms with Crippen LogP contribution >= 0.6 is 0 Å². The largest absolute Gasteiger partial charge is 0.388 e. The summed E-state index contributed by atoms with van der Waals surface area (Å²) in [6, 6.07) is 7.61. The Morgan fingerprint density at radius 2 is 2.05 bits per heavy atom. The number of benzene rings is 1. The molecule has 1 rings (SSSR count). The summed E-state index contributed by atoms with van der Waals surface area (Å²) in [5.74, 6) is 0.412. The molecular formula is C18H30N2O2. The van der Waals surface area contributed by atoms with Gasteiger partial charge in [0.25, 0.3) is 5.91 Å². The molecule has 0 aromatic heterocycles. The first-order valence-corrected chi connectivity index (χ1v) is 7.94. The SMILES string of the molecule is CC(C)CCC(C)(O)CNC(=O)c1cccc(CN(C)C)c1. The van der Waals surface area contributed by atoms with Crippen molar-refractivity contribution >= 4 is 5.91 Å². The molecule has 0 saturated carbocycles. The summed E-state index contributed by atoms with van der Waals surface area (Å²) in [5.41, 5.74) is 0.879. The molecule has 1 unspecified atom stereocenters. The number of carbonyl (C=O) groups is 1. The number of amides is 1. The molecule has 0 radical (unpaired) electrons. The molecule has 4 heteroatoms. The Morgan fingerprint density at radius 3 is 2.64 bits per heavy atom. The maximum absolute atomic E-state index is 12.2. The van der Waals surface area contributed by atoms with Gasteiger partial charge in [-0.2, -0.15) is 0 Å². The summed E-state index contributed by atoms with van der Waals surface area (Å²) in [5, 5.41) is 13.2. The van der Waals surface area contributed by atoms with Gasteiger partial charge >= 0.3 is 0 Å². The van der Waals surface area contributed by atoms with Gasteiger partial charge in [0.1, 0.15) is 0 Å². The highest BCUT2D eigenvalue weighted by Gasteiger charge is 2.21. The van der Waals surface area contributed by atoms with E-state index in [1.807, 2.05) is 32.3 Å². The third-order valence-electron chi connectivity index (χ3n) is 3.58. The molecule has 0 saturated heterocycles. The second kappa shape index (κ2) is 8.30. The molecule has 0 heterocycles. The number of nitrogens with one attached hydrogen (secondary N) is 1. The van der Waals surface area contributed by atoms with Crippen molar-refractivity contribution in [1.82, 2.24) is 10.2 Å². The predicted octanol–water partition coefficient (Wildman–Crippen LogP) is 2.67. The molecule has 0 aliphatic rings. The van der Waals surface area contributed by atoms with Crippen molar-refractivity contribution in [2.24, 2.45) is 5.92 Å². The maximum Gasteiger partial charge on any atom is 0.251 e. The van der Waals surface area contributed by atoms with Gasteiger partial charge in [-0.25, -0.2) is 0 Å². The molecule has 0 bridgehead atoms. The van der Waals surface area contributed by atoms with Gasteiger partial charge in [0.15, 0.2) is 0 Å². The van der Waals surface area contributed by atoms with E-state index in [0.29, 0.717) is 17.9 Å². The van der Waals surface area contributed by atoms with E-state index in [9.17, 15) is 9.90 Å². The van der Waals surface area contributed by atoms with Gasteiger partial charge < -0.3 is 15.3 Å². The van der Waals surface area contributed by atoms with E-state index in [-0.39, 0.29) is 12.5 Å². The van der Waals surface area contributed by atoms with Crippen LogP contribution in [0.5, 0.6) is 0 Å². The Labute approximate surface area is 134 Å². The zero-order valence-corrected chi connectivity index (χ0v) is 14.5. The van der Waals surface area contributed by atoms with Gasteiger partial charge in [-0.1, -0.05) is 26.0 Å². The average molecular weight is 306 g/mol. The molecule has 124 valence electrons. The summed E-state index contributed by atoms with van der Waals surface area (Å²) in [7, 11) is 4.00. The third-order valence-corrected chi connectivity index (χ3v) is 3.58. The summed E-state index contributed by atoms with van der Waals surface area (Å²) >= 11 is 0. The van der Waals surface area contributed by atoms with Crippen LogP contribution in [0.2, 0.25) is 0 Å². The highest BCUT2D eigenvalue weighted by Crippen LogP contribution is 2.16. The predicted molar refractivity (Wildman–Crippen MR) is 90.9 cm³/mol. The van der Waals surface area contributed by atoms with E-state index in [1.165, 1.54) is 0 Å². The second-order valence-corrected chi connectivity index (χ2v) is 7.05. The fourth-order valence-electron chi connectivity index (χ4n) is 2.24. The fraction of sp³-hybridized carbons (Fsp3) is 0.611. The highest BCUT2D eigenvalue weighted by atomic mass is 16.3. The number of nitrogens with zero attached hydrogens (tertiary/aromatic N) is 1. The standard InChI is InChI=1S/C18H30N2O2/c1-14(2)9-10-18(3,22)13-19-17(21)16-8-6-7-15(11-16)12-20(4)5/h6-8,11,14,22H,9-10,12-13H2,1-5H3,(H,19,21). The number of hydrogen-bond acceptors (Lipinski definition) is 3. The van der Waals surface area contributed by atoms with Gasteiger partial charge in [-0.05, 0) is 57.5 Å². The molecule has 4 nitrogen and oxygen atoms in total. The van der Waals surface area contributed by atoms with Crippen LogP contribution in [0.1, 0.15) is 49.5 Å². The van der Waals surface area contributed by atoms with Crippen LogP contribution in [0, 0.1) is 5.92 Å². The monoisotopic (exact) mass is 306 g/mol. The minimum Gasteiger partial charge on any atom is -0.388 e. The van der Waals surface area contributed by atoms with Gasteiger partial charge in [-0.3, -0.25) is 4.79 Å². The average Bonchev–Trinajstić information content (AvgIpc) is 2.42. The molecule has 1 aromatic carbocycles. The normalized spacial score (nSPS) is 14.2. The molecule has 1 amide bonds. The fourth-order valence-corrected chi connectivity index (χ4v) is 2.24. The first-order valence-electron chi connectivity index (χ1n) is 7.94. The van der Waals surface area contributed by atoms with E-state index in [0.717, 1.165) is 18.5 Å². The number of rotatable bonds is 8. The zero-order valence-electron chi connectivity index (χ0n) is 14.5. The Kier molecular flexibility index (Phi) is 7.04. The maximum atomic E-state index is 12.2. The Hall–Kier alpha value is -1.39. The van der Waals surface area contributed by atoms with Gasteiger partial charge in [0.05, 0.1) is 5.60 Å². The second-order valence-electron chi connectivity index (χ2n) is 7.05. The van der Waals surface area contributed by atoms with Crippen LogP contribution in [0.4, 0.5) is 0 Å². The molecule has 0 aliphatic carbocycles. The van der Waals surface area contributed by atoms with Gasteiger partial charge in [-0.15, -0.1) is 0 Å². The number of hydrogen-bond donors (Lipinski definition) is 2. The molecule has 0 fully saturated rings. The molecule has 0 spiro atoms. The van der Waals surface area contributed by atoms with E-state index >= 15 is 0 Å². The zero-order chi connectivity index (χ0) is 16.8. The van der Waals surface area contributed by atoms with E-state index in [1.54, 1.807) is 13.0 Å². The molecule has 22 heavy (non-hydrogen) atoms. The van der Waals surface area contributed by atoms with Crippen molar-refractivity contribution in [3.63, 3.8) is 0 Å². The number of carbonyl (C=O) groups excluding carboxylic acids is 1. The van der Waals surface area contributed by atoms with Crippen LogP contribution in [-0.4, -0.2) is 42.2 Å². The lowest BCUT2D eigenvalue weighted by Crippen LogP contribution is -2.40. The van der Waals surface area contributed by atoms with Crippen molar-refractivity contribution in [2.45, 2.75) is 45.8 Å². The molecule has 2 N–H and O–H groups in total. The van der Waals surface area contributed by atoms with Crippen LogP contribution in [0.15, 0.2) is 24.3 Å². The van der Waals surface area contributed by atoms with Crippen molar-refractivity contribution in [3.05, 3.63) is 35.4 Å². The highest BCUT2D eigenvalue weighted by molar-refractivity contribution is 5.94.